The zero-order valence-corrected chi connectivity index (χ0v) is 14.4. The maximum Gasteiger partial charge on any atom is 0.0205 e. The number of aryl methyl sites for hydroxylation is 1. The number of thioether (sulfide) groups is 1. The molecular formula is C23H18S. The van der Waals surface area contributed by atoms with Crippen LogP contribution in [0.25, 0.3) is 16.3 Å². The molecule has 24 heavy (non-hydrogen) atoms. The lowest BCUT2D eigenvalue weighted by atomic mass is 9.84. The van der Waals surface area contributed by atoms with Crippen LogP contribution in [0.3, 0.4) is 0 Å². The first-order chi connectivity index (χ1) is 11.8. The minimum absolute atomic E-state index is 0.534. The number of fused-ring (bicyclic) bond motifs is 4. The summed E-state index contributed by atoms with van der Waals surface area (Å²) >= 11 is 1.94. The van der Waals surface area contributed by atoms with Crippen molar-refractivity contribution in [3.05, 3.63) is 94.4 Å². The number of hydrogen-bond donors (Lipinski definition) is 0. The summed E-state index contributed by atoms with van der Waals surface area (Å²) in [5.41, 5.74) is 5.69. The van der Waals surface area contributed by atoms with Crippen molar-refractivity contribution in [3.63, 3.8) is 0 Å². The minimum Gasteiger partial charge on any atom is -0.0936 e. The predicted molar refractivity (Wildman–Crippen MR) is 104 cm³/mol. The summed E-state index contributed by atoms with van der Waals surface area (Å²) in [5, 5.41) is 2.74. The van der Waals surface area contributed by atoms with Crippen LogP contribution in [0.15, 0.2) is 82.6 Å². The Bertz CT molecular complexity index is 1020. The first kappa shape index (κ1) is 14.1. The molecule has 1 aliphatic carbocycles. The molecule has 0 fully saturated rings. The van der Waals surface area contributed by atoms with Gasteiger partial charge in [-0.15, -0.1) is 0 Å². The van der Waals surface area contributed by atoms with E-state index in [1.54, 1.807) is 0 Å². The molecule has 0 saturated heterocycles. The molecule has 1 unspecified atom stereocenters. The quantitative estimate of drug-likeness (QED) is 0.479. The summed E-state index contributed by atoms with van der Waals surface area (Å²) in [5.74, 6) is 0.534. The highest BCUT2D eigenvalue weighted by Crippen LogP contribution is 2.53. The highest BCUT2D eigenvalue weighted by Gasteiger charge is 2.30. The standard InChI is InChI=1S/C23H18S/c1-15-10-12-18(19-7-3-2-6-17(15)19)16-11-13-23-21(14-16)20-8-4-5-9-22(20)24-23/h2-13,21H,14H2,1H3. The van der Waals surface area contributed by atoms with Crippen molar-refractivity contribution >= 4 is 28.1 Å². The molecule has 5 rings (SSSR count). The van der Waals surface area contributed by atoms with Crippen molar-refractivity contribution in [2.24, 2.45) is 0 Å². The minimum atomic E-state index is 0.534. The number of benzene rings is 3. The van der Waals surface area contributed by atoms with Gasteiger partial charge in [0.25, 0.3) is 0 Å². The molecule has 0 nitrogen and oxygen atoms in total. The van der Waals surface area contributed by atoms with Crippen LogP contribution in [0.5, 0.6) is 0 Å². The van der Waals surface area contributed by atoms with E-state index in [0.717, 1.165) is 6.42 Å². The van der Waals surface area contributed by atoms with E-state index >= 15 is 0 Å². The van der Waals surface area contributed by atoms with Crippen molar-refractivity contribution in [2.45, 2.75) is 24.2 Å². The topological polar surface area (TPSA) is 0 Å². The Hall–Kier alpha value is -2.25. The highest BCUT2D eigenvalue weighted by atomic mass is 32.2. The van der Waals surface area contributed by atoms with E-state index in [2.05, 4.69) is 79.7 Å². The molecule has 0 amide bonds. The Morgan fingerprint density at radius 1 is 0.833 bits per heavy atom. The Morgan fingerprint density at radius 2 is 1.62 bits per heavy atom. The SMILES string of the molecule is Cc1ccc(C2=CC=C3Sc4ccccc4C3C2)c2ccccc12. The van der Waals surface area contributed by atoms with Crippen LogP contribution in [0, 0.1) is 6.92 Å². The third-order valence-electron chi connectivity index (χ3n) is 5.23. The largest absolute Gasteiger partial charge is 0.0936 e. The van der Waals surface area contributed by atoms with E-state index in [4.69, 9.17) is 0 Å². The third-order valence-corrected chi connectivity index (χ3v) is 6.47. The van der Waals surface area contributed by atoms with Crippen LogP contribution in [0.4, 0.5) is 0 Å². The lowest BCUT2D eigenvalue weighted by Crippen LogP contribution is -2.02. The van der Waals surface area contributed by atoms with Gasteiger partial charge in [-0.05, 0) is 57.4 Å². The zero-order chi connectivity index (χ0) is 16.1. The smallest absolute Gasteiger partial charge is 0.0205 e. The molecule has 0 bridgehead atoms. The normalized spacial score (nSPS) is 18.8. The van der Waals surface area contributed by atoms with E-state index in [9.17, 15) is 0 Å². The summed E-state index contributed by atoms with van der Waals surface area (Å²) in [6, 6.07) is 22.2. The molecule has 0 spiro atoms. The van der Waals surface area contributed by atoms with Gasteiger partial charge in [0.15, 0.2) is 0 Å². The Balaban J connectivity index is 1.62. The molecule has 1 atom stereocenters. The molecule has 3 aromatic carbocycles. The fourth-order valence-electron chi connectivity index (χ4n) is 3.97. The molecule has 1 heteroatoms. The van der Waals surface area contributed by atoms with Gasteiger partial charge in [-0.2, -0.15) is 0 Å². The first-order valence-electron chi connectivity index (χ1n) is 8.47. The second-order valence-corrected chi connectivity index (χ2v) is 7.75. The van der Waals surface area contributed by atoms with Gasteiger partial charge >= 0.3 is 0 Å². The summed E-state index contributed by atoms with van der Waals surface area (Å²) < 4.78 is 0. The molecule has 3 aromatic rings. The summed E-state index contributed by atoms with van der Waals surface area (Å²) in [4.78, 5) is 2.92. The lowest BCUT2D eigenvalue weighted by Gasteiger charge is -2.21. The van der Waals surface area contributed by atoms with E-state index < -0.39 is 0 Å². The van der Waals surface area contributed by atoms with Gasteiger partial charge in [0.2, 0.25) is 0 Å². The molecule has 1 aliphatic heterocycles. The van der Waals surface area contributed by atoms with Crippen molar-refractivity contribution in [3.8, 4) is 0 Å². The Morgan fingerprint density at radius 3 is 2.54 bits per heavy atom. The first-order valence-corrected chi connectivity index (χ1v) is 9.29. The van der Waals surface area contributed by atoms with E-state index in [-0.39, 0.29) is 0 Å². The fraction of sp³-hybridized carbons (Fsp3) is 0.130. The van der Waals surface area contributed by atoms with Crippen LogP contribution in [-0.2, 0) is 0 Å². The molecule has 1 heterocycles. The van der Waals surface area contributed by atoms with Gasteiger partial charge in [-0.3, -0.25) is 0 Å². The number of allylic oxidation sites excluding steroid dienone is 4. The average molecular weight is 326 g/mol. The third kappa shape index (κ3) is 2.08. The maximum absolute atomic E-state index is 2.34. The molecule has 2 aliphatic rings. The van der Waals surface area contributed by atoms with Gasteiger partial charge in [-0.25, -0.2) is 0 Å². The maximum atomic E-state index is 2.34. The van der Waals surface area contributed by atoms with E-state index in [1.165, 1.54) is 42.8 Å². The van der Waals surface area contributed by atoms with Crippen molar-refractivity contribution in [2.75, 3.05) is 0 Å². The van der Waals surface area contributed by atoms with Crippen molar-refractivity contribution < 1.29 is 0 Å². The van der Waals surface area contributed by atoms with Gasteiger partial charge in [0.05, 0.1) is 0 Å². The van der Waals surface area contributed by atoms with Crippen LogP contribution in [-0.4, -0.2) is 0 Å². The summed E-state index contributed by atoms with van der Waals surface area (Å²) in [7, 11) is 0. The van der Waals surface area contributed by atoms with Gasteiger partial charge < -0.3 is 0 Å². The monoisotopic (exact) mass is 326 g/mol. The molecule has 116 valence electrons. The number of rotatable bonds is 1. The molecule has 0 aromatic heterocycles. The fourth-order valence-corrected chi connectivity index (χ4v) is 5.19. The van der Waals surface area contributed by atoms with Gasteiger partial charge in [-0.1, -0.05) is 78.5 Å². The van der Waals surface area contributed by atoms with Crippen LogP contribution < -0.4 is 0 Å². The highest BCUT2D eigenvalue weighted by molar-refractivity contribution is 8.03. The Kier molecular flexibility index (Phi) is 3.17. The average Bonchev–Trinajstić information content (AvgIpc) is 3.00. The van der Waals surface area contributed by atoms with Gasteiger partial charge in [0.1, 0.15) is 0 Å². The zero-order valence-electron chi connectivity index (χ0n) is 13.6. The van der Waals surface area contributed by atoms with E-state index in [0.29, 0.717) is 5.92 Å². The second-order valence-electron chi connectivity index (χ2n) is 6.63. The van der Waals surface area contributed by atoms with Crippen molar-refractivity contribution in [1.82, 2.24) is 0 Å². The second kappa shape index (κ2) is 5.39. The van der Waals surface area contributed by atoms with Crippen LogP contribution in [0.1, 0.15) is 29.0 Å². The number of hydrogen-bond acceptors (Lipinski definition) is 1. The van der Waals surface area contributed by atoms with Crippen LogP contribution >= 0.6 is 11.8 Å². The Labute approximate surface area is 146 Å². The molecule has 0 saturated carbocycles. The summed E-state index contributed by atoms with van der Waals surface area (Å²) in [6.07, 6.45) is 5.77. The van der Waals surface area contributed by atoms with E-state index in [1.807, 2.05) is 11.8 Å². The van der Waals surface area contributed by atoms with Gasteiger partial charge in [0, 0.05) is 10.8 Å². The molecular weight excluding hydrogens is 308 g/mol. The molecule has 0 radical (unpaired) electrons. The predicted octanol–water partition coefficient (Wildman–Crippen LogP) is 6.71. The van der Waals surface area contributed by atoms with Crippen LogP contribution in [0.2, 0.25) is 0 Å². The molecule has 0 N–H and O–H groups in total. The summed E-state index contributed by atoms with van der Waals surface area (Å²) in [6.45, 7) is 2.20. The lowest BCUT2D eigenvalue weighted by molar-refractivity contribution is 0.851. The van der Waals surface area contributed by atoms with Crippen molar-refractivity contribution in [1.29, 1.82) is 0 Å².